The third-order valence-corrected chi connectivity index (χ3v) is 14.5. The number of aliphatic hydroxyl groups excluding tert-OH is 2. The number of rotatable bonds is 16. The molecule has 0 saturated heterocycles. The number of aliphatic hydroxyl groups is 2. The topological polar surface area (TPSA) is 204 Å². The zero-order valence-corrected chi connectivity index (χ0v) is 36.3. The molecule has 4 aromatic rings. The molecule has 0 amide bonds. The van der Waals surface area contributed by atoms with Crippen LogP contribution in [-0.4, -0.2) is 98.3 Å². The molecule has 1 aliphatic heterocycles. The zero-order chi connectivity index (χ0) is 43.1. The number of carbonyl (C=O) groups is 1. The van der Waals surface area contributed by atoms with E-state index >= 15 is 0 Å². The van der Waals surface area contributed by atoms with Crippen LogP contribution in [0.15, 0.2) is 41.5 Å². The van der Waals surface area contributed by atoms with Crippen LogP contribution in [0.5, 0.6) is 0 Å². The number of halogens is 1. The maximum atomic E-state index is 14.4. The van der Waals surface area contributed by atoms with Crippen molar-refractivity contribution in [3.05, 3.63) is 64.7 Å². The number of ether oxygens (including phenoxy) is 1. The fourth-order valence-corrected chi connectivity index (χ4v) is 12.3. The van der Waals surface area contributed by atoms with Crippen LogP contribution in [0.3, 0.4) is 0 Å². The number of nitrogens with one attached hydrogen (secondary N) is 2. The van der Waals surface area contributed by atoms with Crippen LogP contribution in [0.25, 0.3) is 15.8 Å². The van der Waals surface area contributed by atoms with Gasteiger partial charge in [-0.25, -0.2) is 19.2 Å². The lowest BCUT2D eigenvalue weighted by atomic mass is 9.53. The summed E-state index contributed by atoms with van der Waals surface area (Å²) in [6, 6.07) is 8.39. The van der Waals surface area contributed by atoms with Gasteiger partial charge in [0.2, 0.25) is 0 Å². The summed E-state index contributed by atoms with van der Waals surface area (Å²) >= 11 is 1.22. The number of benzene rings is 1. The Morgan fingerprint density at radius 1 is 1.13 bits per heavy atom. The first kappa shape index (κ1) is 43.1. The molecule has 4 saturated carbocycles. The smallest absolute Gasteiger partial charge is 0.355 e. The number of fused-ring (bicyclic) bond motifs is 3. The van der Waals surface area contributed by atoms with E-state index in [0.717, 1.165) is 56.1 Å². The monoisotopic (exact) mass is 855 g/mol. The van der Waals surface area contributed by atoms with Crippen LogP contribution in [0, 0.1) is 35.4 Å². The second-order valence-corrected chi connectivity index (χ2v) is 19.5. The number of nitrogens with two attached hydrogens (primary N) is 1. The molecule has 16 heteroatoms. The van der Waals surface area contributed by atoms with Crippen LogP contribution in [0.1, 0.15) is 99.3 Å². The van der Waals surface area contributed by atoms with Crippen molar-refractivity contribution in [1.82, 2.24) is 25.5 Å². The number of carboxylic acids is 1. The number of pyridine rings is 1. The quantitative estimate of drug-likeness (QED) is 0.0501. The number of nitrogens with zero attached hydrogens (tertiary/aromatic N) is 6. The lowest BCUT2D eigenvalue weighted by molar-refractivity contribution is -0.162. The van der Waals surface area contributed by atoms with Gasteiger partial charge in [-0.3, -0.25) is 4.99 Å². The molecule has 4 aliphatic carbocycles. The van der Waals surface area contributed by atoms with Crippen LogP contribution < -0.4 is 21.3 Å². The van der Waals surface area contributed by atoms with E-state index in [4.69, 9.17) is 25.6 Å². The molecule has 9 rings (SSSR count). The minimum Gasteiger partial charge on any atom is -0.476 e. The predicted molar refractivity (Wildman–Crippen MR) is 236 cm³/mol. The van der Waals surface area contributed by atoms with E-state index in [-0.39, 0.29) is 34.5 Å². The third kappa shape index (κ3) is 8.87. The Morgan fingerprint density at radius 3 is 2.69 bits per heavy atom. The number of hydrogen-bond acceptors (Lipinski definition) is 14. The van der Waals surface area contributed by atoms with E-state index in [1.54, 1.807) is 18.2 Å². The van der Waals surface area contributed by atoms with Gasteiger partial charge in [0.1, 0.15) is 11.6 Å². The highest BCUT2D eigenvalue weighted by atomic mass is 32.1. The number of hydrogen-bond donors (Lipinski definition) is 6. The first-order valence-corrected chi connectivity index (χ1v) is 22.3. The molecule has 5 aliphatic rings. The summed E-state index contributed by atoms with van der Waals surface area (Å²) in [5.41, 5.74) is 10.3. The third-order valence-electron chi connectivity index (χ3n) is 13.5. The first-order chi connectivity index (χ1) is 29.2. The Kier molecular flexibility index (Phi) is 12.2. The normalized spacial score (nSPS) is 26.7. The number of allylic oxidation sites excluding steroid dienone is 1. The number of thiazole rings is 1. The van der Waals surface area contributed by atoms with Crippen molar-refractivity contribution >= 4 is 61.4 Å². The van der Waals surface area contributed by atoms with Crippen LogP contribution in [0.4, 0.5) is 27.0 Å². The highest BCUT2D eigenvalue weighted by Crippen LogP contribution is 2.66. The second-order valence-electron chi connectivity index (χ2n) is 18.5. The molecule has 4 fully saturated rings. The summed E-state index contributed by atoms with van der Waals surface area (Å²) in [7, 11) is 0. The molecule has 4 bridgehead atoms. The molecule has 7 N–H and O–H groups in total. The van der Waals surface area contributed by atoms with E-state index in [9.17, 15) is 19.4 Å². The molecule has 4 heterocycles. The largest absolute Gasteiger partial charge is 0.476 e. The van der Waals surface area contributed by atoms with Gasteiger partial charge in [0.15, 0.2) is 22.5 Å². The number of aliphatic imine (C=N–C) groups is 1. The van der Waals surface area contributed by atoms with E-state index in [2.05, 4.69) is 39.7 Å². The maximum absolute atomic E-state index is 14.4. The van der Waals surface area contributed by atoms with Crippen molar-refractivity contribution in [3.8, 4) is 0 Å². The van der Waals surface area contributed by atoms with Gasteiger partial charge < -0.3 is 41.3 Å². The highest BCUT2D eigenvalue weighted by Gasteiger charge is 2.60. The molecule has 0 radical (unpaired) electrons. The molecular weight excluding hydrogens is 798 g/mol. The Bertz CT molecular complexity index is 2360. The summed E-state index contributed by atoms with van der Waals surface area (Å²) in [5, 5.41) is 45.5. The predicted octanol–water partition coefficient (Wildman–Crippen LogP) is 6.93. The lowest BCUT2D eigenvalue weighted by Crippen LogP contribution is -2.52. The van der Waals surface area contributed by atoms with Crippen molar-refractivity contribution in [3.63, 3.8) is 0 Å². The van der Waals surface area contributed by atoms with Crippen molar-refractivity contribution < 1.29 is 29.2 Å². The molecule has 61 heavy (non-hydrogen) atoms. The Hall–Kier alpha value is -4.61. The van der Waals surface area contributed by atoms with E-state index < -0.39 is 12.1 Å². The van der Waals surface area contributed by atoms with Gasteiger partial charge in [-0.2, -0.15) is 0 Å². The fourth-order valence-electron chi connectivity index (χ4n) is 11.4. The SMILES string of the molecule is CC(=NCC1CC2(C)CC3(C)CC1CC(OCCNCC[C@@H](O)CO)(C2)C3)/C(=C\N)c1ccc(N2CCCc3c2nnc(Nc2nc4cccc(F)c4s2)c3C)nc1C(=O)O. The number of carboxylic acid groups (broad SMARTS) is 1. The summed E-state index contributed by atoms with van der Waals surface area (Å²) in [6.07, 6.45) is 9.24. The van der Waals surface area contributed by atoms with Gasteiger partial charge in [0.25, 0.3) is 0 Å². The van der Waals surface area contributed by atoms with Crippen LogP contribution in [0.2, 0.25) is 0 Å². The molecule has 5 unspecified atom stereocenters. The number of aromatic carboxylic acids is 1. The van der Waals surface area contributed by atoms with Gasteiger partial charge in [-0.05, 0) is 125 Å². The second kappa shape index (κ2) is 17.3. The van der Waals surface area contributed by atoms with Crippen molar-refractivity contribution in [2.24, 2.45) is 33.4 Å². The summed E-state index contributed by atoms with van der Waals surface area (Å²) in [4.78, 5) is 29.2. The van der Waals surface area contributed by atoms with E-state index in [1.807, 2.05) is 24.8 Å². The molecule has 1 aromatic carbocycles. The van der Waals surface area contributed by atoms with Gasteiger partial charge in [0, 0.05) is 53.8 Å². The molecular formula is C45H58FN9O5S. The Morgan fingerprint density at radius 2 is 1.93 bits per heavy atom. The van der Waals surface area contributed by atoms with Gasteiger partial charge in [0.05, 0.1) is 35.1 Å². The Labute approximate surface area is 360 Å². The minimum atomic E-state index is -1.17. The minimum absolute atomic E-state index is 0.120. The van der Waals surface area contributed by atoms with Gasteiger partial charge >= 0.3 is 5.97 Å². The maximum Gasteiger partial charge on any atom is 0.355 e. The van der Waals surface area contributed by atoms with Crippen LogP contribution >= 0.6 is 11.3 Å². The Balaban J connectivity index is 0.976. The summed E-state index contributed by atoms with van der Waals surface area (Å²) < 4.78 is 21.6. The zero-order valence-electron chi connectivity index (χ0n) is 35.5. The standard InChI is InChI=1S/C45H58FN9O5S/c1-26-31-7-6-15-55(40(31)54-53-39(26)52-42-50-35-9-5-8-34(46)38(35)61-42)36-11-10-32(37(51-36)41(58)59)33(20-47)27(2)49-21-29-18-44(4)23-43(3)17-28(29)19-45(24-43,25-44)60-16-14-48-13-12-30(57)22-56/h5,8-11,20,28-30,48,56-57H,6-7,12-19,21-25,47H2,1-4H3,(H,58,59)(H,50,52,53)/b33-20+,49-27?/t28?,29?,30-,43?,44?,45?/m1/s1. The van der Waals surface area contributed by atoms with Crippen molar-refractivity contribution in [2.45, 2.75) is 97.2 Å². The van der Waals surface area contributed by atoms with E-state index in [0.29, 0.717) is 101 Å². The summed E-state index contributed by atoms with van der Waals surface area (Å²) in [5.74, 6) is 0.903. The van der Waals surface area contributed by atoms with Crippen molar-refractivity contribution in [1.29, 1.82) is 0 Å². The fraction of sp³-hybridized carbons (Fsp3) is 0.556. The van der Waals surface area contributed by atoms with Crippen molar-refractivity contribution in [2.75, 3.05) is 49.6 Å². The molecule has 0 spiro atoms. The van der Waals surface area contributed by atoms with Crippen LogP contribution in [-0.2, 0) is 11.2 Å². The number of aromatic nitrogens is 4. The molecule has 6 atom stereocenters. The average Bonchev–Trinajstić information content (AvgIpc) is 3.58. The molecule has 14 nitrogen and oxygen atoms in total. The highest BCUT2D eigenvalue weighted by molar-refractivity contribution is 7.22. The average molecular weight is 856 g/mol. The summed E-state index contributed by atoms with van der Waals surface area (Å²) in [6.45, 7) is 11.6. The lowest BCUT2D eigenvalue weighted by Gasteiger charge is -2.56. The number of anilines is 4. The van der Waals surface area contributed by atoms with Gasteiger partial charge in [-0.1, -0.05) is 31.3 Å². The molecule has 3 aromatic heterocycles. The molecule has 326 valence electrons. The first-order valence-electron chi connectivity index (χ1n) is 21.5. The van der Waals surface area contributed by atoms with Gasteiger partial charge in [-0.15, -0.1) is 10.2 Å². The van der Waals surface area contributed by atoms with E-state index in [1.165, 1.54) is 30.0 Å².